The molecule has 0 unspecified atom stereocenters. The van der Waals surface area contributed by atoms with Crippen molar-refractivity contribution in [2.45, 2.75) is 6.54 Å². The quantitative estimate of drug-likeness (QED) is 0.525. The number of ether oxygens (including phenoxy) is 1. The lowest BCUT2D eigenvalue weighted by Gasteiger charge is -2.09. The number of benzene rings is 3. The van der Waals surface area contributed by atoms with E-state index in [2.05, 4.69) is 71.4 Å². The van der Waals surface area contributed by atoms with Crippen molar-refractivity contribution in [1.82, 2.24) is 4.57 Å². The summed E-state index contributed by atoms with van der Waals surface area (Å²) < 4.78 is 7.59. The summed E-state index contributed by atoms with van der Waals surface area (Å²) in [5.74, 6) is 0.899. The van der Waals surface area contributed by atoms with E-state index >= 15 is 0 Å². The molecule has 0 atom stereocenters. The van der Waals surface area contributed by atoms with Crippen molar-refractivity contribution in [1.29, 1.82) is 0 Å². The molecule has 0 aliphatic rings. The second-order valence-corrected chi connectivity index (χ2v) is 5.51. The Morgan fingerprint density at radius 1 is 0.864 bits per heavy atom. The van der Waals surface area contributed by atoms with Crippen molar-refractivity contribution in [3.05, 3.63) is 78.5 Å². The molecule has 2 heteroatoms. The number of fused-ring (bicyclic) bond motifs is 2. The maximum absolute atomic E-state index is 5.30. The van der Waals surface area contributed by atoms with Crippen LogP contribution in [0.5, 0.6) is 5.75 Å². The molecule has 0 amide bonds. The van der Waals surface area contributed by atoms with Crippen molar-refractivity contribution >= 4 is 21.7 Å². The molecule has 0 aliphatic heterocycles. The lowest BCUT2D eigenvalue weighted by Crippen LogP contribution is -1.98. The van der Waals surface area contributed by atoms with Crippen LogP contribution in [0.3, 0.4) is 0 Å². The number of rotatable bonds is 3. The predicted octanol–water partition coefficient (Wildman–Crippen LogP) is 4.85. The summed E-state index contributed by atoms with van der Waals surface area (Å²) in [5, 5.41) is 3.82. The standard InChI is InChI=1S/C20H17NO/c1-22-18-9-10-20-16(13-18)11-12-21(20)14-17-7-4-6-15-5-2-3-8-19(15)17/h2-13H,14H2,1H3. The van der Waals surface area contributed by atoms with Crippen molar-refractivity contribution in [2.75, 3.05) is 7.11 Å². The van der Waals surface area contributed by atoms with Crippen LogP contribution >= 0.6 is 0 Å². The van der Waals surface area contributed by atoms with Crippen LogP contribution in [0.1, 0.15) is 5.56 Å². The van der Waals surface area contributed by atoms with Gasteiger partial charge in [-0.15, -0.1) is 0 Å². The number of hydrogen-bond donors (Lipinski definition) is 0. The molecule has 108 valence electrons. The minimum atomic E-state index is 0.872. The first-order valence-electron chi connectivity index (χ1n) is 7.45. The van der Waals surface area contributed by atoms with Gasteiger partial charge in [-0.05, 0) is 40.6 Å². The fourth-order valence-corrected chi connectivity index (χ4v) is 3.06. The van der Waals surface area contributed by atoms with Gasteiger partial charge in [0.2, 0.25) is 0 Å². The largest absolute Gasteiger partial charge is 0.497 e. The smallest absolute Gasteiger partial charge is 0.119 e. The van der Waals surface area contributed by atoms with Crippen LogP contribution < -0.4 is 4.74 Å². The van der Waals surface area contributed by atoms with E-state index in [1.54, 1.807) is 7.11 Å². The Morgan fingerprint density at radius 2 is 1.73 bits per heavy atom. The van der Waals surface area contributed by atoms with Gasteiger partial charge in [0, 0.05) is 23.6 Å². The van der Waals surface area contributed by atoms with E-state index in [-0.39, 0.29) is 0 Å². The average molecular weight is 287 g/mol. The summed E-state index contributed by atoms with van der Waals surface area (Å²) in [5.41, 5.74) is 2.57. The molecular weight excluding hydrogens is 270 g/mol. The van der Waals surface area contributed by atoms with Gasteiger partial charge in [0.05, 0.1) is 7.11 Å². The molecule has 0 fully saturated rings. The third kappa shape index (κ3) is 2.13. The lowest BCUT2D eigenvalue weighted by molar-refractivity contribution is 0.415. The van der Waals surface area contributed by atoms with Crippen LogP contribution in [0, 0.1) is 0 Å². The Kier molecular flexibility index (Phi) is 3.08. The van der Waals surface area contributed by atoms with Gasteiger partial charge in [0.15, 0.2) is 0 Å². The molecule has 1 heterocycles. The van der Waals surface area contributed by atoms with Crippen molar-refractivity contribution in [2.24, 2.45) is 0 Å². The summed E-state index contributed by atoms with van der Waals surface area (Å²) in [6.45, 7) is 0.872. The maximum Gasteiger partial charge on any atom is 0.119 e. The highest BCUT2D eigenvalue weighted by atomic mass is 16.5. The molecule has 4 rings (SSSR count). The highest BCUT2D eigenvalue weighted by Gasteiger charge is 2.05. The Morgan fingerprint density at radius 3 is 2.64 bits per heavy atom. The summed E-state index contributed by atoms with van der Waals surface area (Å²) in [6.07, 6.45) is 2.14. The van der Waals surface area contributed by atoms with Gasteiger partial charge in [-0.3, -0.25) is 0 Å². The topological polar surface area (TPSA) is 14.2 Å². The Labute approximate surface area is 129 Å². The zero-order valence-electron chi connectivity index (χ0n) is 12.5. The minimum absolute atomic E-state index is 0.872. The van der Waals surface area contributed by atoms with Crippen LogP contribution in [0.2, 0.25) is 0 Å². The van der Waals surface area contributed by atoms with Crippen LogP contribution in [-0.2, 0) is 6.54 Å². The molecular formula is C20H17NO. The fourth-order valence-electron chi connectivity index (χ4n) is 3.06. The SMILES string of the molecule is COc1ccc2c(ccn2Cc2cccc3ccccc23)c1. The summed E-state index contributed by atoms with van der Waals surface area (Å²) >= 11 is 0. The second-order valence-electron chi connectivity index (χ2n) is 5.51. The Balaban J connectivity index is 1.79. The molecule has 2 nitrogen and oxygen atoms in total. The van der Waals surface area contributed by atoms with E-state index in [9.17, 15) is 0 Å². The third-order valence-corrected chi connectivity index (χ3v) is 4.20. The molecule has 4 aromatic rings. The van der Waals surface area contributed by atoms with Gasteiger partial charge in [0.1, 0.15) is 5.75 Å². The van der Waals surface area contributed by atoms with Crippen LogP contribution in [-0.4, -0.2) is 11.7 Å². The summed E-state index contributed by atoms with van der Waals surface area (Å²) in [7, 11) is 1.70. The normalized spacial score (nSPS) is 11.1. The molecule has 3 aromatic carbocycles. The predicted molar refractivity (Wildman–Crippen MR) is 91.5 cm³/mol. The number of nitrogens with zero attached hydrogens (tertiary/aromatic N) is 1. The van der Waals surface area contributed by atoms with E-state index < -0.39 is 0 Å². The van der Waals surface area contributed by atoms with Gasteiger partial charge < -0.3 is 9.30 Å². The van der Waals surface area contributed by atoms with Gasteiger partial charge in [0.25, 0.3) is 0 Å². The number of aromatic nitrogens is 1. The van der Waals surface area contributed by atoms with Crippen LogP contribution in [0.25, 0.3) is 21.7 Å². The summed E-state index contributed by atoms with van der Waals surface area (Å²) in [4.78, 5) is 0. The highest BCUT2D eigenvalue weighted by Crippen LogP contribution is 2.24. The minimum Gasteiger partial charge on any atom is -0.497 e. The van der Waals surface area contributed by atoms with E-state index in [0.717, 1.165) is 12.3 Å². The first-order valence-corrected chi connectivity index (χ1v) is 7.45. The second kappa shape index (κ2) is 5.23. The molecule has 0 spiro atoms. The van der Waals surface area contributed by atoms with E-state index in [4.69, 9.17) is 4.74 Å². The van der Waals surface area contributed by atoms with Crippen molar-refractivity contribution < 1.29 is 4.74 Å². The number of hydrogen-bond acceptors (Lipinski definition) is 1. The fraction of sp³-hybridized carbons (Fsp3) is 0.100. The van der Waals surface area contributed by atoms with E-state index in [1.807, 2.05) is 6.07 Å². The Bertz CT molecular complexity index is 947. The van der Waals surface area contributed by atoms with Crippen LogP contribution in [0.15, 0.2) is 72.9 Å². The first-order chi connectivity index (χ1) is 10.8. The van der Waals surface area contributed by atoms with E-state index in [0.29, 0.717) is 0 Å². The molecule has 22 heavy (non-hydrogen) atoms. The Hall–Kier alpha value is -2.74. The van der Waals surface area contributed by atoms with Gasteiger partial charge in [-0.1, -0.05) is 42.5 Å². The monoisotopic (exact) mass is 287 g/mol. The highest BCUT2D eigenvalue weighted by molar-refractivity contribution is 5.86. The molecule has 0 N–H and O–H groups in total. The first kappa shape index (κ1) is 13.0. The van der Waals surface area contributed by atoms with Crippen molar-refractivity contribution in [3.63, 3.8) is 0 Å². The molecule has 0 aliphatic carbocycles. The third-order valence-electron chi connectivity index (χ3n) is 4.20. The average Bonchev–Trinajstić information content (AvgIpc) is 2.97. The molecule has 0 saturated heterocycles. The maximum atomic E-state index is 5.30. The van der Waals surface area contributed by atoms with E-state index in [1.165, 1.54) is 27.2 Å². The molecule has 0 saturated carbocycles. The van der Waals surface area contributed by atoms with Crippen LogP contribution in [0.4, 0.5) is 0 Å². The lowest BCUT2D eigenvalue weighted by atomic mass is 10.0. The van der Waals surface area contributed by atoms with Gasteiger partial charge in [-0.2, -0.15) is 0 Å². The molecule has 0 bridgehead atoms. The summed E-state index contributed by atoms with van der Waals surface area (Å²) in [6, 6.07) is 23.4. The zero-order valence-corrected chi connectivity index (χ0v) is 12.5. The zero-order chi connectivity index (χ0) is 14.9. The van der Waals surface area contributed by atoms with Crippen molar-refractivity contribution in [3.8, 4) is 5.75 Å². The van der Waals surface area contributed by atoms with Gasteiger partial charge in [-0.25, -0.2) is 0 Å². The number of methoxy groups -OCH3 is 1. The molecule has 1 aromatic heterocycles. The van der Waals surface area contributed by atoms with Gasteiger partial charge >= 0.3 is 0 Å². The molecule has 0 radical (unpaired) electrons.